The van der Waals surface area contributed by atoms with E-state index in [1.165, 1.54) is 6.07 Å². The molecule has 11 heteroatoms. The average molecular weight is 444 g/mol. The summed E-state index contributed by atoms with van der Waals surface area (Å²) in [5, 5.41) is 7.93. The van der Waals surface area contributed by atoms with Crippen molar-refractivity contribution < 1.29 is 21.6 Å². The molecule has 0 spiro atoms. The number of amides is 1. The van der Waals surface area contributed by atoms with Crippen LogP contribution in [0.25, 0.3) is 0 Å². The van der Waals surface area contributed by atoms with Gasteiger partial charge >= 0.3 is 0 Å². The minimum atomic E-state index is -3.77. The Morgan fingerprint density at radius 1 is 1.14 bits per heavy atom. The number of carbonyl (C=O) groups is 1. The van der Waals surface area contributed by atoms with Crippen LogP contribution in [0.4, 0.5) is 0 Å². The highest BCUT2D eigenvalue weighted by Crippen LogP contribution is 2.24. The van der Waals surface area contributed by atoms with Crippen molar-refractivity contribution in [3.05, 3.63) is 52.9 Å². The van der Waals surface area contributed by atoms with Gasteiger partial charge in [-0.15, -0.1) is 11.3 Å². The highest BCUT2D eigenvalue weighted by molar-refractivity contribution is 7.91. The first-order chi connectivity index (χ1) is 13.2. The summed E-state index contributed by atoms with van der Waals surface area (Å²) in [5.74, 6) is -0.227. The molecular weight excluding hydrogens is 422 g/mol. The van der Waals surface area contributed by atoms with Crippen LogP contribution in [0.15, 0.2) is 46.7 Å². The maximum Gasteiger partial charge on any atom is 0.247 e. The molecule has 1 amide bonds. The lowest BCUT2D eigenvalue weighted by atomic mass is 10.0. The number of nitrogens with two attached hydrogens (primary N) is 1. The lowest BCUT2D eigenvalue weighted by Crippen LogP contribution is -2.47. The van der Waals surface area contributed by atoms with Gasteiger partial charge in [0.25, 0.3) is 0 Å². The molecule has 8 nitrogen and oxygen atoms in total. The smallest absolute Gasteiger partial charge is 0.247 e. The maximum absolute atomic E-state index is 12.9. The number of thiophene rings is 1. The van der Waals surface area contributed by atoms with Gasteiger partial charge in [0.15, 0.2) is 9.84 Å². The second kappa shape index (κ2) is 8.29. The normalized spacial score (nSPS) is 18.5. The zero-order valence-corrected chi connectivity index (χ0v) is 17.4. The maximum atomic E-state index is 12.9. The fourth-order valence-corrected chi connectivity index (χ4v) is 5.97. The molecule has 1 unspecified atom stereocenters. The van der Waals surface area contributed by atoms with E-state index < -0.39 is 25.9 Å². The number of rotatable bonds is 6. The van der Waals surface area contributed by atoms with E-state index in [1.807, 2.05) is 35.2 Å². The van der Waals surface area contributed by atoms with E-state index in [0.29, 0.717) is 4.88 Å². The Kier molecular flexibility index (Phi) is 6.20. The molecule has 1 atom stereocenters. The van der Waals surface area contributed by atoms with Gasteiger partial charge in [0.2, 0.25) is 15.9 Å². The molecule has 1 aromatic heterocycles. The van der Waals surface area contributed by atoms with Crippen LogP contribution < -0.4 is 10.5 Å². The standard InChI is InChI=1S/C17H21N3O5S3/c18-28(24,25)15-7-6-14(26-15)12-19-17(21)16(13-4-2-1-3-5-13)20-8-10-27(22,23)11-9-20/h1-7,16H,8-12H2,(H,19,21)(H2,18,24,25). The van der Waals surface area contributed by atoms with Crippen LogP contribution in [0.1, 0.15) is 16.5 Å². The van der Waals surface area contributed by atoms with E-state index in [-0.39, 0.29) is 41.3 Å². The number of hydrogen-bond donors (Lipinski definition) is 2. The number of benzene rings is 1. The molecule has 0 bridgehead atoms. The van der Waals surface area contributed by atoms with Crippen LogP contribution in [-0.4, -0.2) is 52.2 Å². The number of sulfone groups is 1. The van der Waals surface area contributed by atoms with Gasteiger partial charge in [0.05, 0.1) is 18.1 Å². The molecule has 152 valence electrons. The SMILES string of the molecule is NS(=O)(=O)c1ccc(CNC(=O)C(c2ccccc2)N2CCS(=O)(=O)CC2)s1. The molecule has 3 rings (SSSR count). The van der Waals surface area contributed by atoms with Gasteiger partial charge in [0.1, 0.15) is 10.3 Å². The number of carbonyl (C=O) groups excluding carboxylic acids is 1. The van der Waals surface area contributed by atoms with Gasteiger partial charge < -0.3 is 5.32 Å². The van der Waals surface area contributed by atoms with Crippen LogP contribution in [-0.2, 0) is 31.2 Å². The van der Waals surface area contributed by atoms with Gasteiger partial charge in [-0.2, -0.15) is 0 Å². The molecule has 1 saturated heterocycles. The Morgan fingerprint density at radius 3 is 2.36 bits per heavy atom. The average Bonchev–Trinajstić information content (AvgIpc) is 3.12. The number of primary sulfonamides is 1. The zero-order chi connectivity index (χ0) is 20.4. The van der Waals surface area contributed by atoms with E-state index in [2.05, 4.69) is 5.32 Å². The van der Waals surface area contributed by atoms with E-state index in [9.17, 15) is 21.6 Å². The van der Waals surface area contributed by atoms with E-state index in [4.69, 9.17) is 5.14 Å². The first kappa shape index (κ1) is 20.9. The summed E-state index contributed by atoms with van der Waals surface area (Å²) in [6.45, 7) is 0.724. The van der Waals surface area contributed by atoms with Gasteiger partial charge in [-0.1, -0.05) is 30.3 Å². The Hall–Kier alpha value is -1.79. The van der Waals surface area contributed by atoms with Crippen molar-refractivity contribution in [2.45, 2.75) is 16.8 Å². The van der Waals surface area contributed by atoms with E-state index in [0.717, 1.165) is 16.9 Å². The van der Waals surface area contributed by atoms with Crippen LogP contribution in [0.5, 0.6) is 0 Å². The highest BCUT2D eigenvalue weighted by atomic mass is 32.2. The number of nitrogens with zero attached hydrogens (tertiary/aromatic N) is 1. The molecule has 2 aromatic rings. The summed E-state index contributed by atoms with van der Waals surface area (Å²) in [7, 11) is -6.83. The molecule has 2 heterocycles. The van der Waals surface area contributed by atoms with Gasteiger partial charge in [-0.25, -0.2) is 22.0 Å². The second-order valence-electron chi connectivity index (χ2n) is 6.48. The monoisotopic (exact) mass is 443 g/mol. The van der Waals surface area contributed by atoms with Crippen molar-refractivity contribution in [3.63, 3.8) is 0 Å². The van der Waals surface area contributed by atoms with E-state index in [1.54, 1.807) is 6.07 Å². The summed E-state index contributed by atoms with van der Waals surface area (Å²) in [5.41, 5.74) is 0.774. The molecule has 3 N–H and O–H groups in total. The van der Waals surface area contributed by atoms with Crippen LogP contribution in [0, 0.1) is 0 Å². The van der Waals surface area contributed by atoms with Crippen LogP contribution >= 0.6 is 11.3 Å². The Morgan fingerprint density at radius 2 is 1.79 bits per heavy atom. The third kappa shape index (κ3) is 5.17. The van der Waals surface area contributed by atoms with Crippen molar-refractivity contribution in [3.8, 4) is 0 Å². The predicted molar refractivity (Wildman–Crippen MR) is 107 cm³/mol. The predicted octanol–water partition coefficient (Wildman–Crippen LogP) is 0.483. The Balaban J connectivity index is 1.75. The summed E-state index contributed by atoms with van der Waals surface area (Å²) < 4.78 is 46.3. The third-order valence-electron chi connectivity index (χ3n) is 4.46. The lowest BCUT2D eigenvalue weighted by molar-refractivity contribution is -0.126. The Labute approximate surface area is 168 Å². The first-order valence-electron chi connectivity index (χ1n) is 8.54. The minimum Gasteiger partial charge on any atom is -0.350 e. The van der Waals surface area contributed by atoms with Gasteiger partial charge in [-0.3, -0.25) is 9.69 Å². The number of sulfonamides is 1. The van der Waals surface area contributed by atoms with Gasteiger partial charge in [0, 0.05) is 18.0 Å². The summed E-state index contributed by atoms with van der Waals surface area (Å²) in [6.07, 6.45) is 0. The number of nitrogens with one attached hydrogen (secondary N) is 1. The van der Waals surface area contributed by atoms with Crippen molar-refractivity contribution in [2.24, 2.45) is 5.14 Å². The molecule has 0 radical (unpaired) electrons. The fourth-order valence-electron chi connectivity index (χ4n) is 3.03. The number of hydrogen-bond acceptors (Lipinski definition) is 7. The fraction of sp³-hybridized carbons (Fsp3) is 0.353. The van der Waals surface area contributed by atoms with Gasteiger partial charge in [-0.05, 0) is 17.7 Å². The minimum absolute atomic E-state index is 0.0201. The molecule has 28 heavy (non-hydrogen) atoms. The van der Waals surface area contributed by atoms with Crippen molar-refractivity contribution >= 4 is 37.1 Å². The second-order valence-corrected chi connectivity index (χ2v) is 11.7. The van der Waals surface area contributed by atoms with Crippen molar-refractivity contribution in [1.29, 1.82) is 0 Å². The zero-order valence-electron chi connectivity index (χ0n) is 14.9. The molecule has 0 saturated carbocycles. The lowest BCUT2D eigenvalue weighted by Gasteiger charge is -2.33. The Bertz CT molecular complexity index is 1030. The van der Waals surface area contributed by atoms with Crippen molar-refractivity contribution in [1.82, 2.24) is 10.2 Å². The van der Waals surface area contributed by atoms with E-state index >= 15 is 0 Å². The first-order valence-corrected chi connectivity index (χ1v) is 12.7. The largest absolute Gasteiger partial charge is 0.350 e. The quantitative estimate of drug-likeness (QED) is 0.669. The van der Waals surface area contributed by atoms with Crippen LogP contribution in [0.2, 0.25) is 0 Å². The molecule has 0 aliphatic carbocycles. The molecule has 1 aliphatic rings. The summed E-state index contributed by atoms with van der Waals surface area (Å²) in [6, 6.07) is 11.6. The molecular formula is C17H21N3O5S3. The highest BCUT2D eigenvalue weighted by Gasteiger charge is 2.32. The summed E-state index contributed by atoms with van der Waals surface area (Å²) >= 11 is 1.00. The molecule has 1 fully saturated rings. The molecule has 1 aromatic carbocycles. The third-order valence-corrected chi connectivity index (χ3v) is 8.59. The topological polar surface area (TPSA) is 127 Å². The summed E-state index contributed by atoms with van der Waals surface area (Å²) in [4.78, 5) is 15.5. The van der Waals surface area contributed by atoms with Crippen molar-refractivity contribution in [2.75, 3.05) is 24.6 Å². The molecule has 1 aliphatic heterocycles. The van der Waals surface area contributed by atoms with Crippen LogP contribution in [0.3, 0.4) is 0 Å².